The van der Waals surface area contributed by atoms with Gasteiger partial charge >= 0.3 is 0 Å². The van der Waals surface area contributed by atoms with Crippen LogP contribution in [-0.4, -0.2) is 61.1 Å². The number of carbonyl (C=O) groups is 1. The summed E-state index contributed by atoms with van der Waals surface area (Å²) in [5.74, 6) is 2.15. The molecule has 1 aliphatic heterocycles. The molecular formula is C11H23N3OS. The molecule has 1 heterocycles. The number of thioether (sulfide) groups is 1. The second-order valence-electron chi connectivity index (χ2n) is 4.45. The van der Waals surface area contributed by atoms with Crippen LogP contribution in [0, 0.1) is 0 Å². The molecule has 94 valence electrons. The van der Waals surface area contributed by atoms with Gasteiger partial charge in [0.2, 0.25) is 5.91 Å². The van der Waals surface area contributed by atoms with E-state index >= 15 is 0 Å². The van der Waals surface area contributed by atoms with Crippen LogP contribution < -0.4 is 10.6 Å². The Morgan fingerprint density at radius 3 is 2.94 bits per heavy atom. The Hall–Kier alpha value is -0.260. The maximum atomic E-state index is 11.7. The highest BCUT2D eigenvalue weighted by atomic mass is 32.2. The highest BCUT2D eigenvalue weighted by Gasteiger charge is 2.20. The van der Waals surface area contributed by atoms with E-state index in [1.54, 1.807) is 0 Å². The summed E-state index contributed by atoms with van der Waals surface area (Å²) in [6.07, 6.45) is 0. The Labute approximate surface area is 103 Å². The molecule has 0 saturated carbocycles. The summed E-state index contributed by atoms with van der Waals surface area (Å²) < 4.78 is 0. The Morgan fingerprint density at radius 1 is 1.62 bits per heavy atom. The summed E-state index contributed by atoms with van der Waals surface area (Å²) in [6, 6.07) is 0.531. The van der Waals surface area contributed by atoms with Crippen LogP contribution in [0.3, 0.4) is 0 Å². The van der Waals surface area contributed by atoms with Crippen molar-refractivity contribution < 1.29 is 4.79 Å². The minimum atomic E-state index is 0.00288. The molecule has 1 rings (SSSR count). The molecule has 1 aliphatic rings. The van der Waals surface area contributed by atoms with Gasteiger partial charge in [0.15, 0.2) is 0 Å². The van der Waals surface area contributed by atoms with Gasteiger partial charge < -0.3 is 15.5 Å². The zero-order chi connectivity index (χ0) is 12.0. The minimum absolute atomic E-state index is 0.00288. The molecule has 0 spiro atoms. The summed E-state index contributed by atoms with van der Waals surface area (Å²) in [5.41, 5.74) is 0. The van der Waals surface area contributed by atoms with Crippen molar-refractivity contribution in [2.45, 2.75) is 25.9 Å². The first-order valence-corrected chi connectivity index (χ1v) is 7.06. The van der Waals surface area contributed by atoms with Crippen LogP contribution in [0.25, 0.3) is 0 Å². The van der Waals surface area contributed by atoms with Crippen molar-refractivity contribution in [3.8, 4) is 0 Å². The molecule has 1 unspecified atom stereocenters. The van der Waals surface area contributed by atoms with E-state index in [-0.39, 0.29) is 11.9 Å². The first-order chi connectivity index (χ1) is 7.61. The lowest BCUT2D eigenvalue weighted by atomic mass is 10.3. The zero-order valence-electron chi connectivity index (χ0n) is 10.5. The highest BCUT2D eigenvalue weighted by Crippen LogP contribution is 2.07. The van der Waals surface area contributed by atoms with Crippen molar-refractivity contribution in [2.75, 3.05) is 38.2 Å². The van der Waals surface area contributed by atoms with Gasteiger partial charge in [0, 0.05) is 37.2 Å². The van der Waals surface area contributed by atoms with Gasteiger partial charge in [-0.25, -0.2) is 0 Å². The van der Waals surface area contributed by atoms with E-state index in [1.165, 1.54) is 0 Å². The first kappa shape index (κ1) is 13.8. The van der Waals surface area contributed by atoms with Crippen molar-refractivity contribution in [1.82, 2.24) is 15.5 Å². The molecule has 1 fully saturated rings. The Kier molecular flexibility index (Phi) is 6.16. The van der Waals surface area contributed by atoms with Crippen LogP contribution >= 0.6 is 11.8 Å². The molecule has 1 saturated heterocycles. The molecule has 5 heteroatoms. The molecule has 2 N–H and O–H groups in total. The van der Waals surface area contributed by atoms with Gasteiger partial charge in [0.1, 0.15) is 0 Å². The second-order valence-corrected chi connectivity index (χ2v) is 5.60. The van der Waals surface area contributed by atoms with Crippen LogP contribution in [-0.2, 0) is 4.79 Å². The maximum Gasteiger partial charge on any atom is 0.238 e. The largest absolute Gasteiger partial charge is 0.353 e. The van der Waals surface area contributed by atoms with E-state index in [0.717, 1.165) is 31.1 Å². The lowest BCUT2D eigenvalue weighted by Crippen LogP contribution is -2.50. The Balaban J connectivity index is 2.14. The van der Waals surface area contributed by atoms with Gasteiger partial charge in [-0.15, -0.1) is 0 Å². The lowest BCUT2D eigenvalue weighted by molar-refractivity contribution is -0.122. The van der Waals surface area contributed by atoms with E-state index in [0.29, 0.717) is 6.04 Å². The van der Waals surface area contributed by atoms with Gasteiger partial charge in [-0.1, -0.05) is 0 Å². The van der Waals surface area contributed by atoms with Crippen molar-refractivity contribution in [2.24, 2.45) is 0 Å². The number of likely N-dealkylation sites (N-methyl/N-ethyl adjacent to an activating group) is 1. The third kappa shape index (κ3) is 4.72. The predicted octanol–water partition coefficient (Wildman–Crippen LogP) is 0.148. The molecule has 4 nitrogen and oxygen atoms in total. The molecule has 0 radical (unpaired) electrons. The normalized spacial score (nSPS) is 21.4. The first-order valence-electron chi connectivity index (χ1n) is 5.90. The number of nitrogens with one attached hydrogen (secondary N) is 2. The molecule has 1 atom stereocenters. The van der Waals surface area contributed by atoms with E-state index < -0.39 is 0 Å². The molecular weight excluding hydrogens is 222 g/mol. The van der Waals surface area contributed by atoms with Gasteiger partial charge in [-0.2, -0.15) is 11.8 Å². The topological polar surface area (TPSA) is 44.4 Å². The molecule has 1 amide bonds. The van der Waals surface area contributed by atoms with Crippen LogP contribution in [0.2, 0.25) is 0 Å². The molecule has 0 aromatic heterocycles. The quantitative estimate of drug-likeness (QED) is 0.724. The van der Waals surface area contributed by atoms with Crippen molar-refractivity contribution in [3.05, 3.63) is 0 Å². The smallest absolute Gasteiger partial charge is 0.238 e. The van der Waals surface area contributed by atoms with E-state index in [9.17, 15) is 4.79 Å². The molecule has 0 bridgehead atoms. The van der Waals surface area contributed by atoms with Crippen molar-refractivity contribution >= 4 is 17.7 Å². The fraction of sp³-hybridized carbons (Fsp3) is 0.909. The van der Waals surface area contributed by atoms with Crippen LogP contribution in [0.1, 0.15) is 13.8 Å². The average Bonchev–Trinajstić information content (AvgIpc) is 2.29. The van der Waals surface area contributed by atoms with Gasteiger partial charge in [-0.3, -0.25) is 4.79 Å². The number of hydrogen-bond donors (Lipinski definition) is 2. The summed E-state index contributed by atoms with van der Waals surface area (Å²) in [4.78, 5) is 14.0. The number of hydrogen-bond acceptors (Lipinski definition) is 4. The van der Waals surface area contributed by atoms with Crippen molar-refractivity contribution in [3.63, 3.8) is 0 Å². The summed E-state index contributed by atoms with van der Waals surface area (Å²) in [7, 11) is 2.07. The summed E-state index contributed by atoms with van der Waals surface area (Å²) >= 11 is 1.84. The second kappa shape index (κ2) is 7.14. The van der Waals surface area contributed by atoms with Crippen LogP contribution in [0.15, 0.2) is 0 Å². The fourth-order valence-corrected chi connectivity index (χ4v) is 2.40. The third-order valence-corrected chi connectivity index (χ3v) is 3.95. The summed E-state index contributed by atoms with van der Waals surface area (Å²) in [6.45, 7) is 6.89. The van der Waals surface area contributed by atoms with E-state index in [4.69, 9.17) is 0 Å². The molecule has 0 aromatic rings. The lowest BCUT2D eigenvalue weighted by Gasteiger charge is -2.24. The monoisotopic (exact) mass is 245 g/mol. The number of amides is 1. The zero-order valence-corrected chi connectivity index (χ0v) is 11.3. The fourth-order valence-electron chi connectivity index (χ4n) is 1.47. The number of carbonyl (C=O) groups excluding carboxylic acids is 1. The van der Waals surface area contributed by atoms with Crippen LogP contribution in [0.5, 0.6) is 0 Å². The SMILES string of the molecule is CC(C)N(C)CCNC(=O)C1CSCCN1. The van der Waals surface area contributed by atoms with Gasteiger partial charge in [-0.05, 0) is 20.9 Å². The standard InChI is InChI=1S/C11H23N3OS/c1-9(2)14(3)6-4-13-11(15)10-8-16-7-5-12-10/h9-10,12H,4-8H2,1-3H3,(H,13,15). The maximum absolute atomic E-state index is 11.7. The Morgan fingerprint density at radius 2 is 2.38 bits per heavy atom. The van der Waals surface area contributed by atoms with Gasteiger partial charge in [0.05, 0.1) is 6.04 Å². The Bertz CT molecular complexity index is 217. The van der Waals surface area contributed by atoms with E-state index in [2.05, 4.69) is 36.4 Å². The average molecular weight is 245 g/mol. The predicted molar refractivity (Wildman–Crippen MR) is 69.9 cm³/mol. The number of rotatable bonds is 5. The third-order valence-electron chi connectivity index (χ3n) is 2.88. The molecule has 0 aromatic carbocycles. The number of nitrogens with zero attached hydrogens (tertiary/aromatic N) is 1. The minimum Gasteiger partial charge on any atom is -0.353 e. The highest BCUT2D eigenvalue weighted by molar-refractivity contribution is 7.99. The molecule has 16 heavy (non-hydrogen) atoms. The summed E-state index contributed by atoms with van der Waals surface area (Å²) in [5, 5.41) is 6.21. The van der Waals surface area contributed by atoms with Gasteiger partial charge in [0.25, 0.3) is 0 Å². The van der Waals surface area contributed by atoms with Crippen molar-refractivity contribution in [1.29, 1.82) is 0 Å². The van der Waals surface area contributed by atoms with Crippen LogP contribution in [0.4, 0.5) is 0 Å². The molecule has 0 aliphatic carbocycles. The van der Waals surface area contributed by atoms with E-state index in [1.807, 2.05) is 11.8 Å².